The third-order valence-electron chi connectivity index (χ3n) is 3.98. The van der Waals surface area contributed by atoms with Gasteiger partial charge in [-0.05, 0) is 37.8 Å². The maximum atomic E-state index is 6.04. The summed E-state index contributed by atoms with van der Waals surface area (Å²) < 4.78 is 6.04. The first-order valence-corrected chi connectivity index (χ1v) is 7.62. The summed E-state index contributed by atoms with van der Waals surface area (Å²) in [4.78, 5) is 4.38. The molecule has 0 bridgehead atoms. The molecule has 1 saturated carbocycles. The van der Waals surface area contributed by atoms with Crippen molar-refractivity contribution in [3.8, 4) is 0 Å². The Morgan fingerprint density at radius 1 is 1.37 bits per heavy atom. The molecule has 1 aliphatic rings. The van der Waals surface area contributed by atoms with Crippen LogP contribution < -0.4 is 5.32 Å². The first kappa shape index (κ1) is 14.3. The van der Waals surface area contributed by atoms with Crippen molar-refractivity contribution in [2.75, 3.05) is 11.9 Å². The second-order valence-corrected chi connectivity index (χ2v) is 5.44. The lowest BCUT2D eigenvalue weighted by molar-refractivity contribution is 0.000369. The highest BCUT2D eigenvalue weighted by Crippen LogP contribution is 2.28. The van der Waals surface area contributed by atoms with Crippen LogP contribution in [0.15, 0.2) is 18.3 Å². The van der Waals surface area contributed by atoms with Gasteiger partial charge in [0.1, 0.15) is 0 Å². The lowest BCUT2D eigenvalue weighted by Gasteiger charge is -2.28. The zero-order chi connectivity index (χ0) is 13.5. The highest BCUT2D eigenvalue weighted by molar-refractivity contribution is 5.42. The van der Waals surface area contributed by atoms with Crippen LogP contribution in [-0.2, 0) is 11.3 Å². The minimum Gasteiger partial charge on any atom is -0.385 e. The van der Waals surface area contributed by atoms with Gasteiger partial charge in [0.25, 0.3) is 0 Å². The van der Waals surface area contributed by atoms with Crippen LogP contribution in [-0.4, -0.2) is 17.6 Å². The molecule has 1 N–H and O–H groups in total. The zero-order valence-electron chi connectivity index (χ0n) is 12.2. The van der Waals surface area contributed by atoms with Crippen LogP contribution in [0, 0.1) is 5.92 Å². The molecule has 1 aliphatic carbocycles. The molecule has 2 rings (SSSR count). The zero-order valence-corrected chi connectivity index (χ0v) is 12.2. The van der Waals surface area contributed by atoms with E-state index in [1.54, 1.807) is 0 Å². The van der Waals surface area contributed by atoms with Crippen LogP contribution in [0.4, 0.5) is 5.69 Å². The first-order valence-electron chi connectivity index (χ1n) is 7.62. The smallest absolute Gasteiger partial charge is 0.0892 e. The van der Waals surface area contributed by atoms with Crippen LogP contribution >= 0.6 is 0 Å². The molecule has 0 spiro atoms. The number of nitrogens with one attached hydrogen (secondary N) is 1. The molecule has 2 unspecified atom stereocenters. The average molecular weight is 262 g/mol. The largest absolute Gasteiger partial charge is 0.385 e. The molecule has 0 aromatic carbocycles. The van der Waals surface area contributed by atoms with Crippen LogP contribution in [0.5, 0.6) is 0 Å². The predicted octanol–water partition coefficient (Wildman–Crippen LogP) is 4.00. The van der Waals surface area contributed by atoms with Crippen molar-refractivity contribution in [2.45, 2.75) is 58.7 Å². The van der Waals surface area contributed by atoms with E-state index in [0.29, 0.717) is 12.7 Å². The Balaban J connectivity index is 1.82. The number of aromatic nitrogens is 1. The lowest BCUT2D eigenvalue weighted by atomic mass is 9.85. The van der Waals surface area contributed by atoms with Crippen molar-refractivity contribution in [3.63, 3.8) is 0 Å². The summed E-state index contributed by atoms with van der Waals surface area (Å²) in [5.41, 5.74) is 2.16. The minimum absolute atomic E-state index is 0.434. The molecule has 1 aromatic heterocycles. The highest BCUT2D eigenvalue weighted by atomic mass is 16.5. The highest BCUT2D eigenvalue weighted by Gasteiger charge is 2.21. The molecule has 1 aromatic rings. The summed E-state index contributed by atoms with van der Waals surface area (Å²) in [5, 5.41) is 3.31. The topological polar surface area (TPSA) is 34.2 Å². The molecule has 0 radical (unpaired) electrons. The van der Waals surface area contributed by atoms with Gasteiger partial charge in [-0.15, -0.1) is 0 Å². The van der Waals surface area contributed by atoms with E-state index in [1.807, 2.05) is 12.3 Å². The Labute approximate surface area is 116 Å². The molecule has 3 heteroatoms. The van der Waals surface area contributed by atoms with Crippen molar-refractivity contribution < 1.29 is 4.74 Å². The van der Waals surface area contributed by atoms with Crippen molar-refractivity contribution in [2.24, 2.45) is 5.92 Å². The fraction of sp³-hybridized carbons (Fsp3) is 0.688. The maximum Gasteiger partial charge on any atom is 0.0892 e. The summed E-state index contributed by atoms with van der Waals surface area (Å²) in [6, 6.07) is 4.09. The van der Waals surface area contributed by atoms with Crippen LogP contribution in [0.3, 0.4) is 0 Å². The van der Waals surface area contributed by atoms with E-state index < -0.39 is 0 Å². The molecule has 3 nitrogen and oxygen atoms in total. The lowest BCUT2D eigenvalue weighted by Crippen LogP contribution is -2.22. The summed E-state index contributed by atoms with van der Waals surface area (Å²) in [5.74, 6) is 0.861. The van der Waals surface area contributed by atoms with E-state index in [9.17, 15) is 0 Å². The van der Waals surface area contributed by atoms with E-state index >= 15 is 0 Å². The van der Waals surface area contributed by atoms with Gasteiger partial charge in [-0.25, -0.2) is 0 Å². The van der Waals surface area contributed by atoms with E-state index in [4.69, 9.17) is 4.74 Å². The average Bonchev–Trinajstić information content (AvgIpc) is 2.46. The van der Waals surface area contributed by atoms with Gasteiger partial charge in [0, 0.05) is 18.4 Å². The monoisotopic (exact) mass is 262 g/mol. The summed E-state index contributed by atoms with van der Waals surface area (Å²) >= 11 is 0. The van der Waals surface area contributed by atoms with Crippen LogP contribution in [0.1, 0.15) is 51.6 Å². The molecule has 1 heterocycles. The van der Waals surface area contributed by atoms with Gasteiger partial charge in [-0.3, -0.25) is 4.98 Å². The number of rotatable bonds is 6. The number of hydrogen-bond donors (Lipinski definition) is 1. The third-order valence-corrected chi connectivity index (χ3v) is 3.98. The van der Waals surface area contributed by atoms with Gasteiger partial charge in [0.2, 0.25) is 0 Å². The predicted molar refractivity (Wildman–Crippen MR) is 79.2 cm³/mol. The van der Waals surface area contributed by atoms with E-state index in [1.165, 1.54) is 32.1 Å². The Morgan fingerprint density at radius 2 is 2.26 bits per heavy atom. The summed E-state index contributed by atoms with van der Waals surface area (Å²) in [7, 11) is 0. The number of hydrogen-bond acceptors (Lipinski definition) is 3. The number of ether oxygens (including phenoxy) is 1. The Morgan fingerprint density at radius 3 is 3.05 bits per heavy atom. The molecular weight excluding hydrogens is 236 g/mol. The van der Waals surface area contributed by atoms with Crippen molar-refractivity contribution in [1.29, 1.82) is 0 Å². The quantitative estimate of drug-likeness (QED) is 0.841. The Bertz CT molecular complexity index is 381. The standard InChI is InChI=1S/C16H26N2O/c1-3-13-6-5-7-16(10-13)19-12-15-11-14(17-4-2)8-9-18-15/h8-9,11,13,16H,3-7,10,12H2,1-2H3,(H,17,18). The van der Waals surface area contributed by atoms with E-state index in [-0.39, 0.29) is 0 Å². The third kappa shape index (κ3) is 4.50. The number of nitrogens with zero attached hydrogens (tertiary/aromatic N) is 1. The van der Waals surface area contributed by atoms with Gasteiger partial charge < -0.3 is 10.1 Å². The summed E-state index contributed by atoms with van der Waals surface area (Å²) in [6.07, 6.45) is 8.70. The van der Waals surface area contributed by atoms with E-state index in [0.717, 1.165) is 23.8 Å². The molecule has 106 valence electrons. The molecule has 0 saturated heterocycles. The van der Waals surface area contributed by atoms with Crippen LogP contribution in [0.2, 0.25) is 0 Å². The van der Waals surface area contributed by atoms with Crippen molar-refractivity contribution in [3.05, 3.63) is 24.0 Å². The van der Waals surface area contributed by atoms with Gasteiger partial charge in [-0.1, -0.05) is 26.2 Å². The molecule has 0 aliphatic heterocycles. The molecular formula is C16H26N2O. The SMILES string of the molecule is CCNc1ccnc(COC2CCCC(CC)C2)c1. The van der Waals surface area contributed by atoms with Gasteiger partial charge in [-0.2, -0.15) is 0 Å². The molecule has 0 amide bonds. The molecule has 19 heavy (non-hydrogen) atoms. The Hall–Kier alpha value is -1.09. The van der Waals surface area contributed by atoms with Crippen molar-refractivity contribution >= 4 is 5.69 Å². The normalized spacial score (nSPS) is 23.3. The van der Waals surface area contributed by atoms with Gasteiger partial charge in [0.05, 0.1) is 18.4 Å². The van der Waals surface area contributed by atoms with Gasteiger partial charge in [0.15, 0.2) is 0 Å². The molecule has 2 atom stereocenters. The van der Waals surface area contributed by atoms with Gasteiger partial charge >= 0.3 is 0 Å². The Kier molecular flexibility index (Phi) is 5.64. The van der Waals surface area contributed by atoms with Crippen LogP contribution in [0.25, 0.3) is 0 Å². The molecule has 1 fully saturated rings. The van der Waals surface area contributed by atoms with E-state index in [2.05, 4.69) is 30.2 Å². The number of pyridine rings is 1. The maximum absolute atomic E-state index is 6.04. The second kappa shape index (κ2) is 7.49. The second-order valence-electron chi connectivity index (χ2n) is 5.44. The summed E-state index contributed by atoms with van der Waals surface area (Å²) in [6.45, 7) is 5.96. The fourth-order valence-electron chi connectivity index (χ4n) is 2.84. The fourth-order valence-corrected chi connectivity index (χ4v) is 2.84. The minimum atomic E-state index is 0.434. The first-order chi connectivity index (χ1) is 9.31. The number of anilines is 1. The van der Waals surface area contributed by atoms with Crippen molar-refractivity contribution in [1.82, 2.24) is 4.98 Å².